The molecule has 4 nitrogen and oxygen atoms in total. The first-order valence-electron chi connectivity index (χ1n) is 9.00. The molecule has 0 aromatic rings. The van der Waals surface area contributed by atoms with E-state index in [4.69, 9.17) is 5.84 Å². The van der Waals surface area contributed by atoms with Crippen LogP contribution in [0.25, 0.3) is 0 Å². The van der Waals surface area contributed by atoms with Crippen molar-refractivity contribution in [2.75, 3.05) is 6.54 Å². The highest BCUT2D eigenvalue weighted by atomic mass is 16.5. The molecule has 2 unspecified atom stereocenters. The summed E-state index contributed by atoms with van der Waals surface area (Å²) in [6.07, 6.45) is 11.3. The summed E-state index contributed by atoms with van der Waals surface area (Å²) in [6.45, 7) is 9.32. The van der Waals surface area contributed by atoms with Gasteiger partial charge in [0.25, 0.3) is 6.47 Å². The number of nitrogens with zero attached hydrogens (tertiary/aromatic N) is 1. The van der Waals surface area contributed by atoms with Crippen molar-refractivity contribution < 1.29 is 9.53 Å². The minimum Gasteiger partial charge on any atom is -0.462 e. The van der Waals surface area contributed by atoms with Crippen molar-refractivity contribution in [2.24, 2.45) is 17.7 Å². The van der Waals surface area contributed by atoms with Crippen LogP contribution in [-0.2, 0) is 9.53 Å². The molecule has 0 aromatic carbocycles. The number of hydrogen-bond donors (Lipinski definition) is 1. The second-order valence-corrected chi connectivity index (χ2v) is 7.81. The molecule has 130 valence electrons. The Kier molecular flexibility index (Phi) is 8.40. The maximum Gasteiger partial charge on any atom is 0.293 e. The van der Waals surface area contributed by atoms with Gasteiger partial charge in [-0.15, -0.1) is 0 Å². The molecule has 0 spiro atoms. The zero-order valence-electron chi connectivity index (χ0n) is 15.0. The molecular formula is C18H36N2O2. The molecule has 1 aliphatic heterocycles. The fraction of sp³-hybridized carbons (Fsp3) is 0.944. The van der Waals surface area contributed by atoms with Crippen molar-refractivity contribution in [3.8, 4) is 0 Å². The monoisotopic (exact) mass is 312 g/mol. The summed E-state index contributed by atoms with van der Waals surface area (Å²) in [7, 11) is 0. The Morgan fingerprint density at radius 1 is 1.14 bits per heavy atom. The summed E-state index contributed by atoms with van der Waals surface area (Å²) in [5.74, 6) is 8.03. The highest BCUT2D eigenvalue weighted by molar-refractivity contribution is 5.37. The van der Waals surface area contributed by atoms with Gasteiger partial charge in [-0.3, -0.25) is 10.6 Å². The van der Waals surface area contributed by atoms with Crippen molar-refractivity contribution in [2.45, 2.75) is 90.7 Å². The van der Waals surface area contributed by atoms with Gasteiger partial charge in [-0.05, 0) is 51.9 Å². The van der Waals surface area contributed by atoms with Crippen LogP contribution in [0, 0.1) is 11.8 Å². The third-order valence-corrected chi connectivity index (χ3v) is 4.99. The van der Waals surface area contributed by atoms with Crippen molar-refractivity contribution in [1.82, 2.24) is 5.01 Å². The fourth-order valence-corrected chi connectivity index (χ4v) is 3.68. The van der Waals surface area contributed by atoms with E-state index in [9.17, 15) is 4.79 Å². The number of nitrogens with two attached hydrogens (primary N) is 1. The quantitative estimate of drug-likeness (QED) is 0.634. The summed E-state index contributed by atoms with van der Waals surface area (Å²) < 4.78 is 4.55. The van der Waals surface area contributed by atoms with Gasteiger partial charge in [0.2, 0.25) is 0 Å². The van der Waals surface area contributed by atoms with Crippen molar-refractivity contribution >= 4 is 6.47 Å². The number of ether oxygens (including phenoxy) is 1. The van der Waals surface area contributed by atoms with E-state index in [-0.39, 0.29) is 5.60 Å². The zero-order valence-corrected chi connectivity index (χ0v) is 15.0. The van der Waals surface area contributed by atoms with E-state index >= 15 is 0 Å². The summed E-state index contributed by atoms with van der Waals surface area (Å²) in [6, 6.07) is 0.658. The zero-order chi connectivity index (χ0) is 16.6. The fourth-order valence-electron chi connectivity index (χ4n) is 3.68. The first kappa shape index (κ1) is 19.4. The SMILES string of the molecule is CC(C)(C)OC=O.CCC1CC(C2CCCCC2)CCN1N. The summed E-state index contributed by atoms with van der Waals surface area (Å²) in [5, 5.41) is 2.08. The largest absolute Gasteiger partial charge is 0.462 e. The molecule has 2 rings (SSSR count). The molecule has 2 fully saturated rings. The maximum atomic E-state index is 9.60. The summed E-state index contributed by atoms with van der Waals surface area (Å²) in [5.41, 5.74) is -0.318. The van der Waals surface area contributed by atoms with E-state index in [0.717, 1.165) is 18.4 Å². The van der Waals surface area contributed by atoms with Crippen molar-refractivity contribution in [1.29, 1.82) is 0 Å². The van der Waals surface area contributed by atoms with Crippen LogP contribution in [0.1, 0.15) is 79.1 Å². The molecule has 2 aliphatic rings. The number of piperidine rings is 1. The lowest BCUT2D eigenvalue weighted by atomic mass is 9.74. The first-order chi connectivity index (χ1) is 10.4. The molecule has 0 amide bonds. The maximum absolute atomic E-state index is 9.60. The van der Waals surface area contributed by atoms with Gasteiger partial charge in [-0.25, -0.2) is 5.01 Å². The molecule has 1 saturated heterocycles. The van der Waals surface area contributed by atoms with Gasteiger partial charge in [-0.2, -0.15) is 0 Å². The Balaban J connectivity index is 0.000000295. The molecule has 1 heterocycles. The third kappa shape index (κ3) is 7.10. The molecule has 1 saturated carbocycles. The number of rotatable bonds is 3. The molecule has 22 heavy (non-hydrogen) atoms. The van der Waals surface area contributed by atoms with Gasteiger partial charge in [0.15, 0.2) is 0 Å². The first-order valence-corrected chi connectivity index (χ1v) is 9.00. The van der Waals surface area contributed by atoms with Crippen LogP contribution in [0.2, 0.25) is 0 Å². The Hall–Kier alpha value is -0.610. The Morgan fingerprint density at radius 2 is 1.77 bits per heavy atom. The van der Waals surface area contributed by atoms with Crippen molar-refractivity contribution in [3.05, 3.63) is 0 Å². The van der Waals surface area contributed by atoms with Crippen LogP contribution in [-0.4, -0.2) is 29.7 Å². The molecule has 0 aromatic heterocycles. The molecule has 0 bridgehead atoms. The van der Waals surface area contributed by atoms with Crippen LogP contribution in [0.4, 0.5) is 0 Å². The Bertz CT molecular complexity index is 309. The Morgan fingerprint density at radius 3 is 2.23 bits per heavy atom. The minimum absolute atomic E-state index is 0.318. The topological polar surface area (TPSA) is 55.6 Å². The second-order valence-electron chi connectivity index (χ2n) is 7.81. The summed E-state index contributed by atoms with van der Waals surface area (Å²) in [4.78, 5) is 9.60. The van der Waals surface area contributed by atoms with Gasteiger partial charge in [0.05, 0.1) is 0 Å². The van der Waals surface area contributed by atoms with Crippen LogP contribution in [0.3, 0.4) is 0 Å². The lowest BCUT2D eigenvalue weighted by molar-refractivity contribution is -0.138. The van der Waals surface area contributed by atoms with Crippen molar-refractivity contribution in [3.63, 3.8) is 0 Å². The van der Waals surface area contributed by atoms with Gasteiger partial charge in [-0.1, -0.05) is 39.0 Å². The van der Waals surface area contributed by atoms with Crippen LogP contribution < -0.4 is 5.84 Å². The van der Waals surface area contributed by atoms with Gasteiger partial charge in [0, 0.05) is 12.6 Å². The van der Waals surface area contributed by atoms with Crippen LogP contribution >= 0.6 is 0 Å². The minimum atomic E-state index is -0.318. The predicted octanol–water partition coefficient (Wildman–Crippen LogP) is 3.89. The molecule has 0 radical (unpaired) electrons. The van der Waals surface area contributed by atoms with Gasteiger partial charge < -0.3 is 4.74 Å². The molecular weight excluding hydrogens is 276 g/mol. The van der Waals surface area contributed by atoms with Gasteiger partial charge in [0.1, 0.15) is 5.60 Å². The molecule has 2 N–H and O–H groups in total. The highest BCUT2D eigenvalue weighted by Gasteiger charge is 2.31. The molecule has 2 atom stereocenters. The molecule has 1 aliphatic carbocycles. The average molecular weight is 312 g/mol. The van der Waals surface area contributed by atoms with Crippen LogP contribution in [0.15, 0.2) is 0 Å². The van der Waals surface area contributed by atoms with Crippen LogP contribution in [0.5, 0.6) is 0 Å². The number of carbonyl (C=O) groups excluding carboxylic acids is 1. The lowest BCUT2D eigenvalue weighted by Gasteiger charge is -2.40. The van der Waals surface area contributed by atoms with E-state index in [2.05, 4.69) is 16.7 Å². The molecule has 4 heteroatoms. The number of carbonyl (C=O) groups is 1. The highest BCUT2D eigenvalue weighted by Crippen LogP contribution is 2.37. The third-order valence-electron chi connectivity index (χ3n) is 4.99. The smallest absolute Gasteiger partial charge is 0.293 e. The standard InChI is InChI=1S/C13H26N2.C5H10O2/c1-2-13-10-12(8-9-15(13)14)11-6-4-3-5-7-11;1-5(2,3)7-4-6/h11-13H,2-10,14H2,1H3;4H,1-3H3. The Labute approximate surface area is 136 Å². The van der Waals surface area contributed by atoms with Gasteiger partial charge >= 0.3 is 0 Å². The van der Waals surface area contributed by atoms with E-state index < -0.39 is 0 Å². The average Bonchev–Trinajstić information content (AvgIpc) is 2.48. The predicted molar refractivity (Wildman–Crippen MR) is 91.2 cm³/mol. The number of hydrazine groups is 1. The summed E-state index contributed by atoms with van der Waals surface area (Å²) >= 11 is 0. The second kappa shape index (κ2) is 9.51. The normalized spacial score (nSPS) is 27.7. The van der Waals surface area contributed by atoms with E-state index in [1.807, 2.05) is 20.8 Å². The van der Waals surface area contributed by atoms with E-state index in [0.29, 0.717) is 12.5 Å². The van der Waals surface area contributed by atoms with E-state index in [1.54, 1.807) is 0 Å². The lowest BCUT2D eigenvalue weighted by Crippen LogP contribution is -2.47. The number of hydrogen-bond acceptors (Lipinski definition) is 4. The van der Waals surface area contributed by atoms with E-state index in [1.165, 1.54) is 51.4 Å².